The molecule has 1 aliphatic heterocycles. The second-order valence-corrected chi connectivity index (χ2v) is 20.6. The average molecular weight is 733 g/mol. The Labute approximate surface area is 316 Å². The predicted octanol–water partition coefficient (Wildman–Crippen LogP) is 9.25. The van der Waals surface area contributed by atoms with Gasteiger partial charge in [-0.2, -0.15) is 0 Å². The molecule has 3 rings (SSSR count). The van der Waals surface area contributed by atoms with Crippen LogP contribution in [0.1, 0.15) is 106 Å². The molecule has 0 spiro atoms. The molecule has 288 valence electrons. The SMILES string of the molecule is C=CC[C@@H]1OC(C[C@H](O[Si](c2ccccc2)(c2ccccc2)C(C)(C)C)[C@@H](OCOC)[C@H](C)CC(=O)CC(CCC)CC(=O)[C@@H](C)CC=C)C[C@@H]1C. The summed E-state index contributed by atoms with van der Waals surface area (Å²) in [6.45, 7) is 23.1. The highest BCUT2D eigenvalue weighted by Gasteiger charge is 2.53. The van der Waals surface area contributed by atoms with Crippen molar-refractivity contribution in [3.63, 3.8) is 0 Å². The van der Waals surface area contributed by atoms with Gasteiger partial charge in [-0.1, -0.05) is 128 Å². The van der Waals surface area contributed by atoms with Crippen molar-refractivity contribution in [2.75, 3.05) is 13.9 Å². The Morgan fingerprint density at radius 2 is 1.58 bits per heavy atom. The average Bonchev–Trinajstić information content (AvgIpc) is 3.45. The van der Waals surface area contributed by atoms with Gasteiger partial charge < -0.3 is 18.6 Å². The lowest BCUT2D eigenvalue weighted by Crippen LogP contribution is -2.69. The summed E-state index contributed by atoms with van der Waals surface area (Å²) in [5.41, 5.74) is 0. The third-order valence-corrected chi connectivity index (χ3v) is 16.0. The maximum absolute atomic E-state index is 13.9. The number of hydrogen-bond acceptors (Lipinski definition) is 6. The molecule has 6 nitrogen and oxygen atoms in total. The van der Waals surface area contributed by atoms with Gasteiger partial charge in [-0.3, -0.25) is 9.59 Å². The van der Waals surface area contributed by atoms with E-state index in [-0.39, 0.29) is 53.4 Å². The number of rotatable bonds is 24. The minimum Gasteiger partial charge on any atom is -0.402 e. The summed E-state index contributed by atoms with van der Waals surface area (Å²) in [7, 11) is -1.39. The Kier molecular flexibility index (Phi) is 17.9. The largest absolute Gasteiger partial charge is 0.402 e. The lowest BCUT2D eigenvalue weighted by atomic mass is 9.84. The third kappa shape index (κ3) is 11.9. The molecule has 0 saturated carbocycles. The molecular weight excluding hydrogens is 665 g/mol. The Hall–Kier alpha value is -2.68. The van der Waals surface area contributed by atoms with E-state index in [2.05, 4.69) is 115 Å². The molecule has 0 amide bonds. The summed E-state index contributed by atoms with van der Waals surface area (Å²) in [4.78, 5) is 26.9. The first-order valence-electron chi connectivity index (χ1n) is 19.6. The van der Waals surface area contributed by atoms with Crippen molar-refractivity contribution in [1.29, 1.82) is 0 Å². The molecule has 1 fully saturated rings. The molecule has 0 aromatic heterocycles. The molecule has 1 saturated heterocycles. The Bertz CT molecular complexity index is 1330. The van der Waals surface area contributed by atoms with Crippen LogP contribution in [0.15, 0.2) is 86.0 Å². The summed E-state index contributed by atoms with van der Waals surface area (Å²) in [5, 5.41) is 2.13. The second-order valence-electron chi connectivity index (χ2n) is 16.3. The number of ether oxygens (including phenoxy) is 3. The molecule has 2 aromatic rings. The summed E-state index contributed by atoms with van der Waals surface area (Å²) < 4.78 is 26.7. The fourth-order valence-electron chi connectivity index (χ4n) is 8.25. The number of methoxy groups -OCH3 is 1. The Balaban J connectivity index is 2.05. The standard InChI is InChI=1S/C45H68O6Si/c1-11-20-33(4)41(47)30-36(21-12-2)29-37(46)27-35(6)44(49-32-48-10)43(31-38-28-34(5)42(50-38)22-13-3)51-52(45(7,8)9,39-23-16-14-17-24-39)40-25-18-15-19-26-40/h11,13-19,23-26,33-36,38,42-44H,1,3,12,20-22,27-32H2,2,4-10H3/t33-,34-,35+,36?,38?,42-,43-,44-/m0/s1. The molecule has 8 atom stereocenters. The smallest absolute Gasteiger partial charge is 0.261 e. The topological polar surface area (TPSA) is 71.1 Å². The number of benzene rings is 2. The quantitative estimate of drug-likeness (QED) is 0.0609. The second kappa shape index (κ2) is 21.3. The van der Waals surface area contributed by atoms with Gasteiger partial charge in [-0.05, 0) is 58.8 Å². The van der Waals surface area contributed by atoms with Crippen LogP contribution in [0.4, 0.5) is 0 Å². The van der Waals surface area contributed by atoms with Crippen molar-refractivity contribution >= 4 is 30.3 Å². The summed E-state index contributed by atoms with van der Waals surface area (Å²) in [6, 6.07) is 21.3. The van der Waals surface area contributed by atoms with Crippen molar-refractivity contribution in [3.05, 3.63) is 86.0 Å². The number of allylic oxidation sites excluding steroid dienone is 1. The van der Waals surface area contributed by atoms with E-state index in [1.54, 1.807) is 13.2 Å². The van der Waals surface area contributed by atoms with Crippen molar-refractivity contribution in [2.45, 2.75) is 136 Å². The van der Waals surface area contributed by atoms with Gasteiger partial charge in [0.15, 0.2) is 0 Å². The molecule has 52 heavy (non-hydrogen) atoms. The highest BCUT2D eigenvalue weighted by atomic mass is 28.4. The zero-order chi connectivity index (χ0) is 38.3. The van der Waals surface area contributed by atoms with E-state index < -0.39 is 20.5 Å². The predicted molar refractivity (Wildman–Crippen MR) is 217 cm³/mol. The number of carbonyl (C=O) groups is 2. The monoisotopic (exact) mass is 732 g/mol. The normalized spacial score (nSPS) is 20.8. The molecular formula is C45H68O6Si. The van der Waals surface area contributed by atoms with Crippen LogP contribution in [0.25, 0.3) is 0 Å². The third-order valence-electron chi connectivity index (χ3n) is 10.9. The zero-order valence-corrected chi connectivity index (χ0v) is 34.5. The number of hydrogen-bond donors (Lipinski definition) is 0. The van der Waals surface area contributed by atoms with E-state index in [1.807, 2.05) is 13.0 Å². The van der Waals surface area contributed by atoms with E-state index in [0.717, 1.165) is 25.7 Å². The van der Waals surface area contributed by atoms with Gasteiger partial charge in [0, 0.05) is 38.7 Å². The van der Waals surface area contributed by atoms with Crippen LogP contribution >= 0.6 is 0 Å². The minimum absolute atomic E-state index is 0.0298. The summed E-state index contributed by atoms with van der Waals surface area (Å²) in [5.74, 6) is 0.528. The van der Waals surface area contributed by atoms with E-state index in [0.29, 0.717) is 38.0 Å². The van der Waals surface area contributed by atoms with Crippen LogP contribution in [0.2, 0.25) is 5.04 Å². The van der Waals surface area contributed by atoms with Gasteiger partial charge in [0.25, 0.3) is 8.32 Å². The molecule has 1 aliphatic rings. The van der Waals surface area contributed by atoms with Gasteiger partial charge in [0.05, 0.1) is 24.4 Å². The first kappa shape index (κ1) is 43.7. The first-order valence-corrected chi connectivity index (χ1v) is 21.5. The minimum atomic E-state index is -3.02. The zero-order valence-electron chi connectivity index (χ0n) is 33.5. The van der Waals surface area contributed by atoms with Gasteiger partial charge in [0.2, 0.25) is 0 Å². The molecule has 0 aliphatic carbocycles. The lowest BCUT2D eigenvalue weighted by Gasteiger charge is -2.47. The Morgan fingerprint density at radius 3 is 2.10 bits per heavy atom. The van der Waals surface area contributed by atoms with Crippen LogP contribution in [0.5, 0.6) is 0 Å². The van der Waals surface area contributed by atoms with E-state index in [1.165, 1.54) is 10.4 Å². The molecule has 7 heteroatoms. The highest BCUT2D eigenvalue weighted by Crippen LogP contribution is 2.41. The van der Waals surface area contributed by atoms with Crippen molar-refractivity contribution < 1.29 is 28.2 Å². The van der Waals surface area contributed by atoms with E-state index >= 15 is 0 Å². The number of Topliss-reactive ketones (excluding diaryl/α,β-unsaturated/α-hetero) is 2. The maximum Gasteiger partial charge on any atom is 0.261 e. The van der Waals surface area contributed by atoms with Gasteiger partial charge in [-0.25, -0.2) is 0 Å². The van der Waals surface area contributed by atoms with Crippen LogP contribution in [0.3, 0.4) is 0 Å². The summed E-state index contributed by atoms with van der Waals surface area (Å²) in [6.07, 6.45) is 8.91. The number of ketones is 2. The first-order chi connectivity index (χ1) is 24.8. The summed E-state index contributed by atoms with van der Waals surface area (Å²) >= 11 is 0. The van der Waals surface area contributed by atoms with Crippen LogP contribution in [-0.2, 0) is 28.2 Å². The fourth-order valence-corrected chi connectivity index (χ4v) is 13.0. The Morgan fingerprint density at radius 1 is 0.962 bits per heavy atom. The van der Waals surface area contributed by atoms with Crippen LogP contribution < -0.4 is 10.4 Å². The molecule has 1 heterocycles. The van der Waals surface area contributed by atoms with E-state index in [9.17, 15) is 9.59 Å². The van der Waals surface area contributed by atoms with Crippen LogP contribution in [-0.4, -0.2) is 58.2 Å². The number of carbonyl (C=O) groups excluding carboxylic acids is 2. The van der Waals surface area contributed by atoms with Gasteiger partial charge in [-0.15, -0.1) is 13.2 Å². The van der Waals surface area contributed by atoms with Crippen molar-refractivity contribution in [1.82, 2.24) is 0 Å². The highest BCUT2D eigenvalue weighted by molar-refractivity contribution is 6.99. The van der Waals surface area contributed by atoms with E-state index in [4.69, 9.17) is 18.6 Å². The van der Waals surface area contributed by atoms with Gasteiger partial charge in [0.1, 0.15) is 18.4 Å². The molecule has 0 radical (unpaired) electrons. The molecule has 2 aromatic carbocycles. The molecule has 0 N–H and O–H groups in total. The fraction of sp³-hybridized carbons (Fsp3) is 0.600. The van der Waals surface area contributed by atoms with Crippen molar-refractivity contribution in [3.8, 4) is 0 Å². The van der Waals surface area contributed by atoms with Crippen LogP contribution in [0, 0.1) is 23.7 Å². The van der Waals surface area contributed by atoms with Gasteiger partial charge >= 0.3 is 0 Å². The maximum atomic E-state index is 13.9. The lowest BCUT2D eigenvalue weighted by molar-refractivity contribution is -0.141. The molecule has 0 bridgehead atoms. The van der Waals surface area contributed by atoms with Crippen molar-refractivity contribution in [2.24, 2.45) is 23.7 Å². The molecule has 2 unspecified atom stereocenters.